The van der Waals surface area contributed by atoms with E-state index in [0.29, 0.717) is 30.3 Å². The first kappa shape index (κ1) is 23.8. The number of aromatic nitrogens is 1. The molecule has 0 unspecified atom stereocenters. The Bertz CT molecular complexity index is 1230. The third-order valence-corrected chi connectivity index (χ3v) is 5.51. The van der Waals surface area contributed by atoms with Crippen molar-refractivity contribution in [3.63, 3.8) is 0 Å². The van der Waals surface area contributed by atoms with Crippen molar-refractivity contribution >= 4 is 5.91 Å². The van der Waals surface area contributed by atoms with Gasteiger partial charge in [-0.3, -0.25) is 9.78 Å². The summed E-state index contributed by atoms with van der Waals surface area (Å²) in [5.74, 6) is 1.65. The van der Waals surface area contributed by atoms with Crippen molar-refractivity contribution in [2.45, 2.75) is 19.6 Å². The van der Waals surface area contributed by atoms with E-state index in [0.717, 1.165) is 22.4 Å². The van der Waals surface area contributed by atoms with Crippen molar-refractivity contribution in [2.75, 3.05) is 13.7 Å². The van der Waals surface area contributed by atoms with Crippen LogP contribution in [0.2, 0.25) is 0 Å². The Morgan fingerprint density at radius 3 is 2.26 bits per heavy atom. The van der Waals surface area contributed by atoms with Crippen LogP contribution in [0.3, 0.4) is 0 Å². The van der Waals surface area contributed by atoms with Gasteiger partial charge in [-0.25, -0.2) is 0 Å². The molecule has 4 rings (SSSR count). The number of carbonyl (C=O) groups excluding carboxylic acids is 1. The third kappa shape index (κ3) is 6.18. The number of carbonyl (C=O) groups is 1. The van der Waals surface area contributed by atoms with Gasteiger partial charge in [0.1, 0.15) is 12.4 Å². The van der Waals surface area contributed by atoms with E-state index in [2.05, 4.69) is 10.3 Å². The molecule has 0 radical (unpaired) electrons. The Morgan fingerprint density at radius 2 is 1.57 bits per heavy atom. The van der Waals surface area contributed by atoms with Crippen LogP contribution in [0.15, 0.2) is 97.3 Å². The van der Waals surface area contributed by atoms with E-state index in [9.17, 15) is 4.79 Å². The van der Waals surface area contributed by atoms with Crippen LogP contribution in [0.5, 0.6) is 17.2 Å². The molecule has 6 nitrogen and oxygen atoms in total. The number of methoxy groups -OCH3 is 1. The third-order valence-electron chi connectivity index (χ3n) is 5.51. The number of hydrogen-bond acceptors (Lipinski definition) is 5. The van der Waals surface area contributed by atoms with Gasteiger partial charge in [0.2, 0.25) is 0 Å². The van der Waals surface area contributed by atoms with E-state index in [-0.39, 0.29) is 11.9 Å². The molecular weight excluding hydrogens is 440 g/mol. The lowest BCUT2D eigenvalue weighted by molar-refractivity contribution is 0.0942. The fraction of sp³-hybridized carbons (Fsp3) is 0.172. The lowest BCUT2D eigenvalue weighted by Gasteiger charge is -2.21. The van der Waals surface area contributed by atoms with Gasteiger partial charge in [0, 0.05) is 18.0 Å². The molecule has 1 heterocycles. The molecule has 0 bridgehead atoms. The van der Waals surface area contributed by atoms with Gasteiger partial charge in [0.05, 0.1) is 19.8 Å². The van der Waals surface area contributed by atoms with Crippen LogP contribution in [0.1, 0.15) is 40.0 Å². The van der Waals surface area contributed by atoms with Crippen molar-refractivity contribution in [3.05, 3.63) is 120 Å². The van der Waals surface area contributed by atoms with Gasteiger partial charge in [0.15, 0.2) is 11.5 Å². The highest BCUT2D eigenvalue weighted by atomic mass is 16.5. The lowest BCUT2D eigenvalue weighted by Crippen LogP contribution is -2.29. The van der Waals surface area contributed by atoms with Crippen molar-refractivity contribution in [1.29, 1.82) is 0 Å². The molecule has 3 aromatic carbocycles. The van der Waals surface area contributed by atoms with Gasteiger partial charge in [-0.15, -0.1) is 0 Å². The summed E-state index contributed by atoms with van der Waals surface area (Å²) in [4.78, 5) is 17.4. The first-order valence-electron chi connectivity index (χ1n) is 11.5. The molecule has 1 N–H and O–H groups in total. The molecule has 178 valence electrons. The molecule has 1 atom stereocenters. The maximum absolute atomic E-state index is 13.3. The number of nitrogens with zero attached hydrogens (tertiary/aromatic N) is 1. The van der Waals surface area contributed by atoms with Gasteiger partial charge in [0.25, 0.3) is 5.91 Å². The summed E-state index contributed by atoms with van der Waals surface area (Å²) in [7, 11) is 1.63. The van der Waals surface area contributed by atoms with Gasteiger partial charge in [-0.05, 0) is 66.1 Å². The molecule has 0 spiro atoms. The average Bonchev–Trinajstić information content (AvgIpc) is 2.92. The van der Waals surface area contributed by atoms with Crippen molar-refractivity contribution in [3.8, 4) is 17.2 Å². The standard InChI is InChI=1S/C29H28N2O4/c1-3-34-27-19-24(11-14-26(27)35-20-21-15-17-30-18-16-21)29(32)31-28(22-7-5-4-6-8-22)23-9-12-25(33-2)13-10-23/h4-19,28H,3,20H2,1-2H3,(H,31,32)/t28-/m0/s1. The van der Waals surface area contributed by atoms with E-state index in [4.69, 9.17) is 14.2 Å². The Hall–Kier alpha value is -4.32. The van der Waals surface area contributed by atoms with Crippen LogP contribution < -0.4 is 19.5 Å². The molecule has 0 aliphatic heterocycles. The summed E-state index contributed by atoms with van der Waals surface area (Å²) in [6, 6.07) is 26.3. The normalized spacial score (nSPS) is 11.4. The van der Waals surface area contributed by atoms with Crippen LogP contribution in [0.4, 0.5) is 0 Å². The minimum atomic E-state index is -0.326. The monoisotopic (exact) mass is 468 g/mol. The Kier molecular flexibility index (Phi) is 7.96. The zero-order chi connectivity index (χ0) is 24.5. The van der Waals surface area contributed by atoms with Crippen LogP contribution in [0.25, 0.3) is 0 Å². The molecule has 4 aromatic rings. The topological polar surface area (TPSA) is 69.7 Å². The predicted molar refractivity (Wildman–Crippen MR) is 135 cm³/mol. The lowest BCUT2D eigenvalue weighted by atomic mass is 9.98. The Labute approximate surface area is 205 Å². The van der Waals surface area contributed by atoms with Crippen molar-refractivity contribution in [1.82, 2.24) is 10.3 Å². The SMILES string of the molecule is CCOc1cc(C(=O)N[C@@H](c2ccccc2)c2ccc(OC)cc2)ccc1OCc1ccncc1. The Balaban J connectivity index is 1.56. The van der Waals surface area contributed by atoms with Gasteiger partial charge in [-0.2, -0.15) is 0 Å². The number of pyridine rings is 1. The fourth-order valence-electron chi connectivity index (χ4n) is 3.69. The molecule has 6 heteroatoms. The second-order valence-electron chi connectivity index (χ2n) is 7.83. The van der Waals surface area contributed by atoms with Crippen LogP contribution >= 0.6 is 0 Å². The number of ether oxygens (including phenoxy) is 3. The number of nitrogens with one attached hydrogen (secondary N) is 1. The number of benzene rings is 3. The second-order valence-corrected chi connectivity index (χ2v) is 7.83. The molecule has 0 saturated heterocycles. The van der Waals surface area contributed by atoms with Crippen LogP contribution in [0, 0.1) is 0 Å². The maximum Gasteiger partial charge on any atom is 0.252 e. The van der Waals surface area contributed by atoms with Gasteiger partial charge < -0.3 is 19.5 Å². The number of amides is 1. The first-order valence-corrected chi connectivity index (χ1v) is 11.5. The molecule has 35 heavy (non-hydrogen) atoms. The quantitative estimate of drug-likeness (QED) is 0.329. The maximum atomic E-state index is 13.3. The molecule has 0 aliphatic rings. The Morgan fingerprint density at radius 1 is 0.857 bits per heavy atom. The van der Waals surface area contributed by atoms with E-state index >= 15 is 0 Å². The van der Waals surface area contributed by atoms with E-state index < -0.39 is 0 Å². The van der Waals surface area contributed by atoms with Crippen LogP contribution in [-0.2, 0) is 6.61 Å². The zero-order valence-electron chi connectivity index (χ0n) is 19.8. The van der Waals surface area contributed by atoms with Crippen LogP contribution in [-0.4, -0.2) is 24.6 Å². The largest absolute Gasteiger partial charge is 0.497 e. The highest BCUT2D eigenvalue weighted by molar-refractivity contribution is 5.95. The highest BCUT2D eigenvalue weighted by Gasteiger charge is 2.19. The van der Waals surface area contributed by atoms with Crippen molar-refractivity contribution < 1.29 is 19.0 Å². The zero-order valence-corrected chi connectivity index (χ0v) is 19.8. The molecule has 0 aliphatic carbocycles. The molecular formula is C29H28N2O4. The van der Waals surface area contributed by atoms with E-state index in [1.165, 1.54) is 0 Å². The molecule has 0 saturated carbocycles. The van der Waals surface area contributed by atoms with Crippen molar-refractivity contribution in [2.24, 2.45) is 0 Å². The molecule has 1 aromatic heterocycles. The smallest absolute Gasteiger partial charge is 0.252 e. The summed E-state index contributed by atoms with van der Waals surface area (Å²) in [6.45, 7) is 2.73. The summed E-state index contributed by atoms with van der Waals surface area (Å²) in [6.07, 6.45) is 3.45. The van der Waals surface area contributed by atoms with E-state index in [1.807, 2.05) is 73.7 Å². The predicted octanol–water partition coefficient (Wildman–Crippen LogP) is 5.59. The second kappa shape index (κ2) is 11.7. The first-order chi connectivity index (χ1) is 17.2. The molecule has 1 amide bonds. The summed E-state index contributed by atoms with van der Waals surface area (Å²) in [5.41, 5.74) is 3.41. The average molecular weight is 469 g/mol. The van der Waals surface area contributed by atoms with Gasteiger partial charge >= 0.3 is 0 Å². The highest BCUT2D eigenvalue weighted by Crippen LogP contribution is 2.30. The number of rotatable bonds is 10. The van der Waals surface area contributed by atoms with E-state index in [1.54, 1.807) is 37.7 Å². The number of hydrogen-bond donors (Lipinski definition) is 1. The minimum absolute atomic E-state index is 0.212. The molecule has 0 fully saturated rings. The summed E-state index contributed by atoms with van der Waals surface area (Å²) in [5, 5.41) is 3.17. The summed E-state index contributed by atoms with van der Waals surface area (Å²) < 4.78 is 17.0. The fourth-order valence-corrected chi connectivity index (χ4v) is 3.69. The minimum Gasteiger partial charge on any atom is -0.497 e. The summed E-state index contributed by atoms with van der Waals surface area (Å²) >= 11 is 0. The van der Waals surface area contributed by atoms with Gasteiger partial charge in [-0.1, -0.05) is 42.5 Å².